The van der Waals surface area contributed by atoms with Crippen molar-refractivity contribution < 1.29 is 9.18 Å². The Labute approximate surface area is 153 Å². The van der Waals surface area contributed by atoms with E-state index in [1.807, 2.05) is 12.3 Å². The number of aromatic nitrogens is 2. The van der Waals surface area contributed by atoms with E-state index in [1.54, 1.807) is 16.8 Å². The summed E-state index contributed by atoms with van der Waals surface area (Å²) in [5.74, 6) is 0.421. The molecule has 0 unspecified atom stereocenters. The van der Waals surface area contributed by atoms with Gasteiger partial charge in [-0.1, -0.05) is 12.8 Å². The Morgan fingerprint density at radius 3 is 3.00 bits per heavy atom. The van der Waals surface area contributed by atoms with Gasteiger partial charge >= 0.3 is 0 Å². The predicted octanol–water partition coefficient (Wildman–Crippen LogP) is 2.45. The number of halogens is 1. The molecule has 26 heavy (non-hydrogen) atoms. The number of carbonyl (C=O) groups excluding carboxylic acids is 1. The number of hydrogen-bond acceptors (Lipinski definition) is 3. The fourth-order valence-corrected chi connectivity index (χ4v) is 4.40. The molecular formula is C20H25FN4O. The molecule has 2 fully saturated rings. The lowest BCUT2D eigenvalue weighted by atomic mass is 9.67. The minimum atomic E-state index is -0.259. The number of hydrogen-bond donors (Lipinski definition) is 2. The van der Waals surface area contributed by atoms with Crippen LogP contribution in [0.4, 0.5) is 4.39 Å². The van der Waals surface area contributed by atoms with Crippen molar-refractivity contribution >= 4 is 5.91 Å². The van der Waals surface area contributed by atoms with Gasteiger partial charge in [-0.3, -0.25) is 4.79 Å². The third kappa shape index (κ3) is 3.26. The van der Waals surface area contributed by atoms with Gasteiger partial charge < -0.3 is 10.6 Å². The number of benzene rings is 1. The molecule has 2 N–H and O–H groups in total. The molecule has 2 aromatic rings. The molecule has 2 aliphatic rings. The third-order valence-corrected chi connectivity index (χ3v) is 5.89. The summed E-state index contributed by atoms with van der Waals surface area (Å²) in [5.41, 5.74) is 1.53. The second kappa shape index (κ2) is 7.19. The third-order valence-electron chi connectivity index (χ3n) is 5.89. The maximum atomic E-state index is 13.0. The molecule has 6 heteroatoms. The number of nitrogens with zero attached hydrogens (tertiary/aromatic N) is 2. The summed E-state index contributed by atoms with van der Waals surface area (Å²) in [6.07, 6.45) is 7.09. The number of nitrogens with one attached hydrogen (secondary N) is 2. The van der Waals surface area contributed by atoms with Crippen LogP contribution in [-0.2, 0) is 11.2 Å². The molecule has 1 aromatic heterocycles. The average Bonchev–Trinajstić information content (AvgIpc) is 3.30. The molecule has 1 saturated carbocycles. The molecule has 1 aliphatic heterocycles. The Balaban J connectivity index is 1.33. The van der Waals surface area contributed by atoms with Gasteiger partial charge in [0.15, 0.2) is 0 Å². The summed E-state index contributed by atoms with van der Waals surface area (Å²) in [4.78, 5) is 12.8. The highest BCUT2D eigenvalue weighted by Crippen LogP contribution is 2.43. The highest BCUT2D eigenvalue weighted by atomic mass is 19.1. The first-order valence-electron chi connectivity index (χ1n) is 9.47. The van der Waals surface area contributed by atoms with Gasteiger partial charge in [0, 0.05) is 25.7 Å². The van der Waals surface area contributed by atoms with Crippen molar-refractivity contribution in [1.29, 1.82) is 0 Å². The van der Waals surface area contributed by atoms with E-state index in [0.29, 0.717) is 18.9 Å². The molecule has 5 nitrogen and oxygen atoms in total. The van der Waals surface area contributed by atoms with Crippen LogP contribution >= 0.6 is 0 Å². The summed E-state index contributed by atoms with van der Waals surface area (Å²) in [5, 5.41) is 11.1. The van der Waals surface area contributed by atoms with Gasteiger partial charge in [-0.05, 0) is 55.6 Å². The predicted molar refractivity (Wildman–Crippen MR) is 97.5 cm³/mol. The molecule has 2 atom stereocenters. The first-order valence-corrected chi connectivity index (χ1v) is 9.47. The van der Waals surface area contributed by atoms with Crippen molar-refractivity contribution in [3.8, 4) is 5.69 Å². The molecule has 4 rings (SSSR count). The van der Waals surface area contributed by atoms with Crippen LogP contribution in [0.1, 0.15) is 31.4 Å². The Kier molecular flexibility index (Phi) is 4.76. The van der Waals surface area contributed by atoms with Gasteiger partial charge in [-0.25, -0.2) is 9.07 Å². The Morgan fingerprint density at radius 2 is 2.15 bits per heavy atom. The average molecular weight is 356 g/mol. The Bertz CT molecular complexity index is 772. The molecule has 0 bridgehead atoms. The van der Waals surface area contributed by atoms with E-state index in [9.17, 15) is 9.18 Å². The summed E-state index contributed by atoms with van der Waals surface area (Å²) in [6.45, 7) is 2.37. The lowest BCUT2D eigenvalue weighted by Crippen LogP contribution is -2.48. The molecule has 0 spiro atoms. The fraction of sp³-hybridized carbons (Fsp3) is 0.500. The zero-order valence-corrected chi connectivity index (χ0v) is 14.9. The quantitative estimate of drug-likeness (QED) is 0.865. The Morgan fingerprint density at radius 1 is 1.31 bits per heavy atom. The highest BCUT2D eigenvalue weighted by molar-refractivity contribution is 5.83. The van der Waals surface area contributed by atoms with Crippen molar-refractivity contribution in [2.24, 2.45) is 11.3 Å². The summed E-state index contributed by atoms with van der Waals surface area (Å²) in [6, 6.07) is 8.18. The molecule has 1 saturated heterocycles. The second-order valence-corrected chi connectivity index (χ2v) is 7.46. The van der Waals surface area contributed by atoms with Crippen molar-refractivity contribution in [3.63, 3.8) is 0 Å². The number of rotatable bonds is 5. The van der Waals surface area contributed by atoms with Crippen molar-refractivity contribution in [2.75, 3.05) is 19.6 Å². The summed E-state index contributed by atoms with van der Waals surface area (Å²) >= 11 is 0. The lowest BCUT2D eigenvalue weighted by Gasteiger charge is -2.37. The van der Waals surface area contributed by atoms with E-state index in [1.165, 1.54) is 18.6 Å². The van der Waals surface area contributed by atoms with Gasteiger partial charge in [-0.2, -0.15) is 5.10 Å². The standard InChI is InChI=1S/C20H25FN4O/c21-16-4-6-18(7-5-16)25-12-9-17(24-25)8-11-23-19(26)20-10-2-1-3-15(20)13-22-14-20/h4-7,9,12,15,22H,1-3,8,10-11,13-14H2,(H,23,26)/t15-,20+/m0/s1. The SMILES string of the molecule is O=C(NCCc1ccn(-c2ccc(F)cc2)n1)[C@@]12CCCC[C@H]1CNC2. The molecule has 1 aromatic carbocycles. The smallest absolute Gasteiger partial charge is 0.227 e. The zero-order chi connectivity index (χ0) is 18.0. The van der Waals surface area contributed by atoms with Gasteiger partial charge in [0.2, 0.25) is 5.91 Å². The van der Waals surface area contributed by atoms with Gasteiger partial charge in [0.05, 0.1) is 16.8 Å². The molecule has 0 radical (unpaired) electrons. The normalized spacial score (nSPS) is 25.0. The maximum Gasteiger partial charge on any atom is 0.227 e. The first-order chi connectivity index (χ1) is 12.7. The van der Waals surface area contributed by atoms with Crippen molar-refractivity contribution in [3.05, 3.63) is 48.0 Å². The molecule has 2 heterocycles. The van der Waals surface area contributed by atoms with E-state index in [4.69, 9.17) is 0 Å². The fourth-order valence-electron chi connectivity index (χ4n) is 4.40. The molecule has 1 amide bonds. The van der Waals surface area contributed by atoms with Gasteiger partial charge in [-0.15, -0.1) is 0 Å². The Hall–Kier alpha value is -2.21. The van der Waals surface area contributed by atoms with Crippen LogP contribution in [0.5, 0.6) is 0 Å². The first kappa shape index (κ1) is 17.2. The van der Waals surface area contributed by atoms with E-state index < -0.39 is 0 Å². The van der Waals surface area contributed by atoms with Crippen LogP contribution in [0, 0.1) is 17.2 Å². The van der Waals surface area contributed by atoms with Crippen LogP contribution in [0.2, 0.25) is 0 Å². The molecule has 1 aliphatic carbocycles. The van der Waals surface area contributed by atoms with E-state index in [-0.39, 0.29) is 17.1 Å². The lowest BCUT2D eigenvalue weighted by molar-refractivity contribution is -0.133. The van der Waals surface area contributed by atoms with Crippen LogP contribution in [0.3, 0.4) is 0 Å². The second-order valence-electron chi connectivity index (χ2n) is 7.46. The van der Waals surface area contributed by atoms with Crippen LogP contribution in [-0.4, -0.2) is 35.3 Å². The van der Waals surface area contributed by atoms with Gasteiger partial charge in [0.1, 0.15) is 5.82 Å². The monoisotopic (exact) mass is 356 g/mol. The van der Waals surface area contributed by atoms with Crippen molar-refractivity contribution in [1.82, 2.24) is 20.4 Å². The topological polar surface area (TPSA) is 59.0 Å². The summed E-state index contributed by atoms with van der Waals surface area (Å²) in [7, 11) is 0. The van der Waals surface area contributed by atoms with Crippen LogP contribution in [0.15, 0.2) is 36.5 Å². The number of amides is 1. The molecular weight excluding hydrogens is 331 g/mol. The largest absolute Gasteiger partial charge is 0.355 e. The van der Waals surface area contributed by atoms with E-state index >= 15 is 0 Å². The minimum Gasteiger partial charge on any atom is -0.355 e. The highest BCUT2D eigenvalue weighted by Gasteiger charge is 2.49. The molecule has 138 valence electrons. The minimum absolute atomic E-state index is 0.199. The number of carbonyl (C=O) groups is 1. The van der Waals surface area contributed by atoms with Gasteiger partial charge in [0.25, 0.3) is 0 Å². The van der Waals surface area contributed by atoms with E-state index in [0.717, 1.165) is 43.7 Å². The van der Waals surface area contributed by atoms with Crippen LogP contribution < -0.4 is 10.6 Å². The summed E-state index contributed by atoms with van der Waals surface area (Å²) < 4.78 is 14.8. The van der Waals surface area contributed by atoms with Crippen molar-refractivity contribution in [2.45, 2.75) is 32.1 Å². The zero-order valence-electron chi connectivity index (χ0n) is 14.9. The maximum absolute atomic E-state index is 13.0. The van der Waals surface area contributed by atoms with Crippen LogP contribution in [0.25, 0.3) is 5.69 Å². The van der Waals surface area contributed by atoms with E-state index in [2.05, 4.69) is 15.7 Å². The number of fused-ring (bicyclic) bond motifs is 1.